The van der Waals surface area contributed by atoms with Crippen molar-refractivity contribution in [3.63, 3.8) is 0 Å². The lowest BCUT2D eigenvalue weighted by Gasteiger charge is -2.43. The molecule has 6 heteroatoms. The van der Waals surface area contributed by atoms with Gasteiger partial charge in [0.2, 0.25) is 0 Å². The summed E-state index contributed by atoms with van der Waals surface area (Å²) >= 11 is 0. The van der Waals surface area contributed by atoms with Gasteiger partial charge in [-0.05, 0) is 0 Å². The molecule has 2 aliphatic heterocycles. The average Bonchev–Trinajstić information content (AvgIpc) is 1.83. The van der Waals surface area contributed by atoms with Crippen LogP contribution in [0.25, 0.3) is 0 Å². The maximum absolute atomic E-state index is 11.5. The predicted octanol–water partition coefficient (Wildman–Crippen LogP) is -0.805. The van der Waals surface area contributed by atoms with Gasteiger partial charge in [-0.1, -0.05) is 0 Å². The molecule has 0 aromatic heterocycles. The topological polar surface area (TPSA) is 55.4 Å². The molecule has 2 rings (SSSR count). The first-order valence-electron chi connectivity index (χ1n) is 3.67. The van der Waals surface area contributed by atoms with Crippen LogP contribution in [-0.2, 0) is 14.6 Å². The van der Waals surface area contributed by atoms with Crippen molar-refractivity contribution < 1.29 is 13.2 Å². The summed E-state index contributed by atoms with van der Waals surface area (Å²) in [4.78, 5) is 0. The fraction of sp³-hybridized carbons (Fsp3) is 1.00. The van der Waals surface area contributed by atoms with Gasteiger partial charge in [0.05, 0.1) is 19.0 Å². The first-order valence-corrected chi connectivity index (χ1v) is 5.32. The zero-order valence-electron chi connectivity index (χ0n) is 6.58. The highest BCUT2D eigenvalue weighted by atomic mass is 35.5. The number of hydrogen-bond donors (Lipinski definition) is 1. The van der Waals surface area contributed by atoms with Crippen molar-refractivity contribution in [3.8, 4) is 0 Å². The highest BCUT2D eigenvalue weighted by Crippen LogP contribution is 2.28. The molecule has 0 radical (unpaired) electrons. The highest BCUT2D eigenvalue weighted by molar-refractivity contribution is 7.93. The van der Waals surface area contributed by atoms with E-state index in [4.69, 9.17) is 4.74 Å². The van der Waals surface area contributed by atoms with E-state index in [2.05, 4.69) is 5.32 Å². The van der Waals surface area contributed by atoms with E-state index >= 15 is 0 Å². The summed E-state index contributed by atoms with van der Waals surface area (Å²) in [5.41, 5.74) is 0. The first-order chi connectivity index (χ1) is 5.16. The summed E-state index contributed by atoms with van der Waals surface area (Å²) in [7, 11) is -2.87. The van der Waals surface area contributed by atoms with Crippen molar-refractivity contribution in [2.45, 2.75) is 4.75 Å². The van der Waals surface area contributed by atoms with Crippen molar-refractivity contribution in [3.05, 3.63) is 0 Å². The van der Waals surface area contributed by atoms with Gasteiger partial charge in [-0.2, -0.15) is 0 Å². The van der Waals surface area contributed by atoms with E-state index in [-0.39, 0.29) is 18.2 Å². The summed E-state index contributed by atoms with van der Waals surface area (Å²) in [6.07, 6.45) is 0. The molecule has 0 amide bonds. The van der Waals surface area contributed by atoms with Crippen molar-refractivity contribution in [2.75, 3.05) is 32.1 Å². The van der Waals surface area contributed by atoms with E-state index in [1.165, 1.54) is 0 Å². The molecule has 2 fully saturated rings. The first kappa shape index (κ1) is 10.2. The molecule has 0 atom stereocenters. The smallest absolute Gasteiger partial charge is 0.163 e. The van der Waals surface area contributed by atoms with Crippen molar-refractivity contribution in [1.29, 1.82) is 0 Å². The van der Waals surface area contributed by atoms with E-state index in [9.17, 15) is 8.42 Å². The van der Waals surface area contributed by atoms with Gasteiger partial charge in [0.25, 0.3) is 0 Å². The molecule has 0 unspecified atom stereocenters. The van der Waals surface area contributed by atoms with E-state index in [0.29, 0.717) is 26.3 Å². The molecule has 12 heavy (non-hydrogen) atoms. The second-order valence-electron chi connectivity index (χ2n) is 3.17. The van der Waals surface area contributed by atoms with Gasteiger partial charge in [-0.3, -0.25) is 0 Å². The van der Waals surface area contributed by atoms with Crippen LogP contribution in [0.5, 0.6) is 0 Å². The Morgan fingerprint density at radius 1 is 1.33 bits per heavy atom. The van der Waals surface area contributed by atoms with Crippen molar-refractivity contribution in [2.24, 2.45) is 0 Å². The average molecular weight is 214 g/mol. The summed E-state index contributed by atoms with van der Waals surface area (Å²) in [6.45, 7) is 1.91. The highest BCUT2D eigenvalue weighted by Gasteiger charge is 2.51. The Morgan fingerprint density at radius 2 is 2.00 bits per heavy atom. The molecule has 1 N–H and O–H groups in total. The van der Waals surface area contributed by atoms with Crippen LogP contribution in [-0.4, -0.2) is 45.2 Å². The fourth-order valence-electron chi connectivity index (χ4n) is 1.46. The Labute approximate surface area is 78.0 Å². The zero-order valence-corrected chi connectivity index (χ0v) is 8.21. The summed E-state index contributed by atoms with van der Waals surface area (Å²) in [6, 6.07) is 0. The van der Waals surface area contributed by atoms with E-state index in [1.54, 1.807) is 0 Å². The monoisotopic (exact) mass is 213 g/mol. The van der Waals surface area contributed by atoms with Crippen molar-refractivity contribution >= 4 is 22.2 Å². The predicted molar refractivity (Wildman–Crippen MR) is 47.5 cm³/mol. The minimum Gasteiger partial charge on any atom is -0.378 e. The van der Waals surface area contributed by atoms with Crippen LogP contribution in [0.4, 0.5) is 0 Å². The zero-order chi connectivity index (χ0) is 7.95. The Morgan fingerprint density at radius 3 is 2.33 bits per heavy atom. The van der Waals surface area contributed by atoms with Gasteiger partial charge < -0.3 is 10.1 Å². The lowest BCUT2D eigenvalue weighted by Crippen LogP contribution is -2.65. The standard InChI is InChI=1S/C6H11NO3S.ClH/c8-11(9)2-1-7-3-6(11)4-10-5-6;/h7H,1-5H2;1H. The maximum Gasteiger partial charge on any atom is 0.163 e. The van der Waals surface area contributed by atoms with E-state index < -0.39 is 14.6 Å². The molecule has 0 saturated carbocycles. The number of rotatable bonds is 0. The van der Waals surface area contributed by atoms with Gasteiger partial charge in [-0.25, -0.2) is 8.42 Å². The Kier molecular flexibility index (Phi) is 2.68. The molecular weight excluding hydrogens is 202 g/mol. The van der Waals surface area contributed by atoms with Gasteiger partial charge in [0.15, 0.2) is 9.84 Å². The SMILES string of the molecule is Cl.O=S1(=O)CCNCC12COC2. The number of halogens is 1. The molecule has 2 aliphatic rings. The van der Waals surface area contributed by atoms with Crippen LogP contribution < -0.4 is 5.32 Å². The van der Waals surface area contributed by atoms with Gasteiger partial charge >= 0.3 is 0 Å². The molecule has 0 bridgehead atoms. The third-order valence-electron chi connectivity index (χ3n) is 2.38. The number of nitrogens with one attached hydrogen (secondary N) is 1. The Balaban J connectivity index is 0.000000720. The molecule has 72 valence electrons. The van der Waals surface area contributed by atoms with Crippen LogP contribution in [0.2, 0.25) is 0 Å². The fourth-order valence-corrected chi connectivity index (χ4v) is 3.15. The lowest BCUT2D eigenvalue weighted by molar-refractivity contribution is -0.0144. The minimum atomic E-state index is -2.87. The molecule has 2 heterocycles. The molecule has 0 aromatic carbocycles. The largest absolute Gasteiger partial charge is 0.378 e. The number of ether oxygens (including phenoxy) is 1. The second kappa shape index (κ2) is 3.14. The van der Waals surface area contributed by atoms with Gasteiger partial charge in [0.1, 0.15) is 4.75 Å². The Hall–Kier alpha value is 0.160. The van der Waals surface area contributed by atoms with E-state index in [0.717, 1.165) is 0 Å². The van der Waals surface area contributed by atoms with E-state index in [1.807, 2.05) is 0 Å². The normalized spacial score (nSPS) is 30.3. The molecule has 1 spiro atoms. The van der Waals surface area contributed by atoms with Crippen LogP contribution in [0.3, 0.4) is 0 Å². The molecular formula is C6H12ClNO3S. The molecule has 4 nitrogen and oxygen atoms in total. The third kappa shape index (κ3) is 1.25. The summed E-state index contributed by atoms with van der Waals surface area (Å²) < 4.78 is 27.3. The lowest BCUT2D eigenvalue weighted by atomic mass is 10.1. The van der Waals surface area contributed by atoms with Crippen molar-refractivity contribution in [1.82, 2.24) is 5.32 Å². The van der Waals surface area contributed by atoms with Crippen LogP contribution >= 0.6 is 12.4 Å². The van der Waals surface area contributed by atoms with Crippen LogP contribution in [0.1, 0.15) is 0 Å². The number of hydrogen-bond acceptors (Lipinski definition) is 4. The Bertz CT molecular complexity index is 260. The summed E-state index contributed by atoms with van der Waals surface area (Å²) in [5.74, 6) is 0.260. The summed E-state index contributed by atoms with van der Waals surface area (Å²) in [5, 5.41) is 3.07. The maximum atomic E-state index is 11.5. The third-order valence-corrected chi connectivity index (χ3v) is 4.83. The van der Waals surface area contributed by atoms with Gasteiger partial charge in [-0.15, -0.1) is 12.4 Å². The molecule has 0 aliphatic carbocycles. The minimum absolute atomic E-state index is 0. The second-order valence-corrected chi connectivity index (χ2v) is 5.68. The van der Waals surface area contributed by atoms with Crippen LogP contribution in [0.15, 0.2) is 0 Å². The van der Waals surface area contributed by atoms with Crippen LogP contribution in [0, 0.1) is 0 Å². The van der Waals surface area contributed by atoms with Gasteiger partial charge in [0, 0.05) is 13.1 Å². The number of sulfone groups is 1. The quantitative estimate of drug-likeness (QED) is 0.572. The molecule has 2 saturated heterocycles. The molecule has 0 aromatic rings.